The standard InChI is InChI=1S/C40H44FN3O11/c1-4-5-22-42-33(46)25-52-34(47)19-20-35(48)55-37-31(54-38(36(37)41)44-23-21-32(45)43-39(44)49)24-53-40(26-9-7-6-8-10-26,27-11-15-29(50-2)16-12-27)28-13-17-30(51-3)18-14-28/h6-18,21,23,31,36-38H,4-5,19-20,22,24-25H2,1-3H3,(H,42,46)(H,43,45,49)/t31-,36?,37+,38-/m1/s1. The first-order valence-electron chi connectivity index (χ1n) is 17.8. The van der Waals surface area contributed by atoms with Crippen molar-refractivity contribution in [1.29, 1.82) is 0 Å². The van der Waals surface area contributed by atoms with E-state index in [1.54, 1.807) is 38.5 Å². The van der Waals surface area contributed by atoms with E-state index >= 15 is 4.39 Å². The van der Waals surface area contributed by atoms with Gasteiger partial charge in [-0.1, -0.05) is 67.9 Å². The summed E-state index contributed by atoms with van der Waals surface area (Å²) in [7, 11) is 3.10. The topological polar surface area (TPSA) is 173 Å². The molecule has 1 aliphatic rings. The second kappa shape index (κ2) is 19.0. The molecule has 292 valence electrons. The van der Waals surface area contributed by atoms with Crippen molar-refractivity contribution >= 4 is 17.8 Å². The van der Waals surface area contributed by atoms with Gasteiger partial charge in [0, 0.05) is 18.8 Å². The van der Waals surface area contributed by atoms with Crippen LogP contribution in [0.2, 0.25) is 0 Å². The molecule has 2 N–H and O–H groups in total. The third-order valence-electron chi connectivity index (χ3n) is 9.05. The van der Waals surface area contributed by atoms with Gasteiger partial charge in [0.25, 0.3) is 11.5 Å². The molecule has 1 unspecified atom stereocenters. The summed E-state index contributed by atoms with van der Waals surface area (Å²) < 4.78 is 51.7. The molecule has 5 rings (SSSR count). The van der Waals surface area contributed by atoms with Crippen LogP contribution in [0, 0.1) is 0 Å². The molecule has 1 amide bonds. The summed E-state index contributed by atoms with van der Waals surface area (Å²) in [5, 5.41) is 2.62. The molecule has 0 radical (unpaired) electrons. The fourth-order valence-corrected chi connectivity index (χ4v) is 6.19. The number of ether oxygens (including phenoxy) is 6. The summed E-state index contributed by atoms with van der Waals surface area (Å²) in [5.74, 6) is -1.07. The number of amides is 1. The van der Waals surface area contributed by atoms with Gasteiger partial charge in [0.2, 0.25) is 0 Å². The molecule has 1 saturated heterocycles. The SMILES string of the molecule is CCCCNC(=O)COC(=O)CCC(=O)O[C@@H]1C(F)[C@H](n2ccc(=O)[nH]c2=O)O[C@@H]1COC(c1ccccc1)(c1ccc(OC)cc1)c1ccc(OC)cc1. The molecular weight excluding hydrogens is 717 g/mol. The Morgan fingerprint density at radius 3 is 2.04 bits per heavy atom. The number of carbonyl (C=O) groups excluding carboxylic acids is 3. The second-order valence-corrected chi connectivity index (χ2v) is 12.7. The van der Waals surface area contributed by atoms with E-state index in [0.717, 1.165) is 29.7 Å². The number of rotatable bonds is 18. The first-order valence-corrected chi connectivity index (χ1v) is 17.8. The first kappa shape index (κ1) is 40.4. The van der Waals surface area contributed by atoms with Crippen LogP contribution in [0.1, 0.15) is 55.5 Å². The van der Waals surface area contributed by atoms with Gasteiger partial charge in [0.1, 0.15) is 23.2 Å². The Morgan fingerprint density at radius 2 is 1.45 bits per heavy atom. The zero-order valence-corrected chi connectivity index (χ0v) is 30.7. The summed E-state index contributed by atoms with van der Waals surface area (Å²) in [6, 6.07) is 24.7. The van der Waals surface area contributed by atoms with E-state index in [1.807, 2.05) is 61.5 Å². The van der Waals surface area contributed by atoms with Crippen LogP contribution in [0.4, 0.5) is 4.39 Å². The number of alkyl halides is 1. The molecule has 1 fully saturated rings. The lowest BCUT2D eigenvalue weighted by Crippen LogP contribution is -2.41. The second-order valence-electron chi connectivity index (χ2n) is 12.7. The number of carbonyl (C=O) groups is 3. The van der Waals surface area contributed by atoms with Crippen LogP contribution in [-0.2, 0) is 38.9 Å². The van der Waals surface area contributed by atoms with Crippen molar-refractivity contribution in [3.8, 4) is 11.5 Å². The Hall–Kier alpha value is -5.80. The number of benzene rings is 3. The Bertz CT molecular complexity index is 1950. The van der Waals surface area contributed by atoms with Crippen molar-refractivity contribution in [2.24, 2.45) is 0 Å². The average molecular weight is 762 g/mol. The normalized spacial score (nSPS) is 18.0. The highest BCUT2D eigenvalue weighted by Gasteiger charge is 2.50. The third-order valence-corrected chi connectivity index (χ3v) is 9.05. The molecule has 14 nitrogen and oxygen atoms in total. The monoisotopic (exact) mass is 761 g/mol. The maximum Gasteiger partial charge on any atom is 0.330 e. The van der Waals surface area contributed by atoms with Crippen LogP contribution in [0.15, 0.2) is 101 Å². The van der Waals surface area contributed by atoms with Crippen LogP contribution < -0.4 is 26.0 Å². The van der Waals surface area contributed by atoms with Crippen LogP contribution in [0.3, 0.4) is 0 Å². The molecule has 0 bridgehead atoms. The van der Waals surface area contributed by atoms with E-state index in [2.05, 4.69) is 10.3 Å². The van der Waals surface area contributed by atoms with E-state index < -0.39 is 78.8 Å². The van der Waals surface area contributed by atoms with Crippen molar-refractivity contribution < 1.29 is 47.2 Å². The lowest BCUT2D eigenvalue weighted by atomic mass is 9.80. The van der Waals surface area contributed by atoms with Crippen molar-refractivity contribution in [1.82, 2.24) is 14.9 Å². The Balaban J connectivity index is 1.44. The number of esters is 2. The van der Waals surface area contributed by atoms with Crippen molar-refractivity contribution in [2.75, 3.05) is 34.0 Å². The molecule has 15 heteroatoms. The summed E-state index contributed by atoms with van der Waals surface area (Å²) in [4.78, 5) is 64.0. The summed E-state index contributed by atoms with van der Waals surface area (Å²) in [6.45, 7) is 1.52. The maximum atomic E-state index is 16.4. The van der Waals surface area contributed by atoms with E-state index in [-0.39, 0.29) is 6.61 Å². The van der Waals surface area contributed by atoms with Gasteiger partial charge < -0.3 is 33.7 Å². The molecule has 4 aromatic rings. The minimum atomic E-state index is -2.12. The Kier molecular flexibility index (Phi) is 13.9. The number of unbranched alkanes of at least 4 members (excludes halogenated alkanes) is 1. The number of aromatic amines is 1. The number of H-pyrrole nitrogens is 1. The van der Waals surface area contributed by atoms with Gasteiger partial charge in [-0.25, -0.2) is 9.18 Å². The van der Waals surface area contributed by atoms with E-state index in [9.17, 15) is 24.0 Å². The minimum Gasteiger partial charge on any atom is -0.497 e. The molecular formula is C40H44FN3O11. The molecule has 0 saturated carbocycles. The number of nitrogens with zero attached hydrogens (tertiary/aromatic N) is 1. The summed E-state index contributed by atoms with van der Waals surface area (Å²) in [5.41, 5.74) is -0.973. The molecule has 1 aliphatic heterocycles. The lowest BCUT2D eigenvalue weighted by molar-refractivity contribution is -0.160. The molecule has 2 heterocycles. The number of methoxy groups -OCH3 is 2. The number of hydrogen-bond donors (Lipinski definition) is 2. The predicted octanol–water partition coefficient (Wildman–Crippen LogP) is 3.95. The highest BCUT2D eigenvalue weighted by Crippen LogP contribution is 2.43. The third kappa shape index (κ3) is 9.85. The zero-order chi connectivity index (χ0) is 39.4. The van der Waals surface area contributed by atoms with E-state index in [0.29, 0.717) is 34.7 Å². The van der Waals surface area contributed by atoms with Crippen molar-refractivity contribution in [3.63, 3.8) is 0 Å². The number of halogens is 1. The van der Waals surface area contributed by atoms with Crippen LogP contribution in [0.5, 0.6) is 11.5 Å². The number of hydrogen-bond acceptors (Lipinski definition) is 11. The lowest BCUT2D eigenvalue weighted by Gasteiger charge is -2.37. The highest BCUT2D eigenvalue weighted by molar-refractivity contribution is 5.82. The van der Waals surface area contributed by atoms with Gasteiger partial charge >= 0.3 is 17.6 Å². The van der Waals surface area contributed by atoms with Gasteiger partial charge in [-0.2, -0.15) is 0 Å². The molecule has 3 aromatic carbocycles. The number of aromatic nitrogens is 2. The first-order chi connectivity index (χ1) is 26.6. The molecule has 55 heavy (non-hydrogen) atoms. The fraction of sp³-hybridized carbons (Fsp3) is 0.375. The van der Waals surface area contributed by atoms with Crippen molar-refractivity contribution in [2.45, 2.75) is 62.8 Å². The van der Waals surface area contributed by atoms with E-state index in [4.69, 9.17) is 28.4 Å². The van der Waals surface area contributed by atoms with E-state index in [1.165, 1.54) is 0 Å². The molecule has 0 aliphatic carbocycles. The average Bonchev–Trinajstić information content (AvgIpc) is 3.50. The summed E-state index contributed by atoms with van der Waals surface area (Å²) in [6.07, 6.45) is -4.89. The highest BCUT2D eigenvalue weighted by atomic mass is 19.1. The zero-order valence-electron chi connectivity index (χ0n) is 30.7. The van der Waals surface area contributed by atoms with Crippen LogP contribution in [-0.4, -0.2) is 79.8 Å². The Labute approximate surface area is 316 Å². The molecule has 0 spiro atoms. The predicted molar refractivity (Wildman–Crippen MR) is 196 cm³/mol. The van der Waals surface area contributed by atoms with Crippen LogP contribution >= 0.6 is 0 Å². The number of nitrogens with one attached hydrogen (secondary N) is 2. The molecule has 1 aromatic heterocycles. The largest absolute Gasteiger partial charge is 0.497 e. The van der Waals surface area contributed by atoms with Crippen molar-refractivity contribution in [3.05, 3.63) is 129 Å². The van der Waals surface area contributed by atoms with Gasteiger partial charge in [0.15, 0.2) is 25.1 Å². The van der Waals surface area contributed by atoms with Crippen LogP contribution in [0.25, 0.3) is 0 Å². The van der Waals surface area contributed by atoms with Gasteiger partial charge in [-0.15, -0.1) is 0 Å². The van der Waals surface area contributed by atoms with Gasteiger partial charge in [-0.05, 0) is 47.4 Å². The smallest absolute Gasteiger partial charge is 0.330 e. The van der Waals surface area contributed by atoms with Gasteiger partial charge in [-0.3, -0.25) is 28.7 Å². The minimum absolute atomic E-state index is 0.380. The fourth-order valence-electron chi connectivity index (χ4n) is 6.19. The molecule has 4 atom stereocenters. The maximum absolute atomic E-state index is 16.4. The Morgan fingerprint density at radius 1 is 0.855 bits per heavy atom. The van der Waals surface area contributed by atoms with Gasteiger partial charge in [0.05, 0.1) is 33.7 Å². The quantitative estimate of drug-likeness (QED) is 0.0854. The summed E-state index contributed by atoms with van der Waals surface area (Å²) >= 11 is 0.